The molecule has 106 valence electrons. The SMILES string of the molecule is CCNc1nc(NC2CCCC2OC)c(F)cc1F. The third kappa shape index (κ3) is 3.12. The smallest absolute Gasteiger partial charge is 0.168 e. The number of aromatic nitrogens is 1. The van der Waals surface area contributed by atoms with Crippen molar-refractivity contribution in [1.29, 1.82) is 0 Å². The summed E-state index contributed by atoms with van der Waals surface area (Å²) < 4.78 is 32.5. The van der Waals surface area contributed by atoms with Crippen molar-refractivity contribution in [2.24, 2.45) is 0 Å². The van der Waals surface area contributed by atoms with Crippen LogP contribution in [0.25, 0.3) is 0 Å². The average molecular weight is 271 g/mol. The summed E-state index contributed by atoms with van der Waals surface area (Å²) in [5.41, 5.74) is 0. The zero-order chi connectivity index (χ0) is 13.8. The van der Waals surface area contributed by atoms with Crippen molar-refractivity contribution in [3.8, 4) is 0 Å². The predicted molar refractivity (Wildman–Crippen MR) is 70.4 cm³/mol. The summed E-state index contributed by atoms with van der Waals surface area (Å²) in [5.74, 6) is -1.22. The van der Waals surface area contributed by atoms with Gasteiger partial charge in [-0.1, -0.05) is 0 Å². The van der Waals surface area contributed by atoms with Crippen LogP contribution in [0.4, 0.5) is 20.4 Å². The highest BCUT2D eigenvalue weighted by atomic mass is 19.1. The highest BCUT2D eigenvalue weighted by molar-refractivity contribution is 5.48. The second-order valence-electron chi connectivity index (χ2n) is 4.64. The molecule has 1 saturated carbocycles. The van der Waals surface area contributed by atoms with Gasteiger partial charge in [-0.05, 0) is 26.2 Å². The molecular formula is C13H19F2N3O. The zero-order valence-corrected chi connectivity index (χ0v) is 11.2. The molecule has 1 aliphatic carbocycles. The van der Waals surface area contributed by atoms with Gasteiger partial charge >= 0.3 is 0 Å². The lowest BCUT2D eigenvalue weighted by atomic mass is 10.2. The number of pyridine rings is 1. The van der Waals surface area contributed by atoms with Crippen LogP contribution in [-0.4, -0.2) is 30.8 Å². The van der Waals surface area contributed by atoms with Gasteiger partial charge in [0.1, 0.15) is 0 Å². The molecule has 0 saturated heterocycles. The summed E-state index contributed by atoms with van der Waals surface area (Å²) in [4.78, 5) is 3.97. The van der Waals surface area contributed by atoms with E-state index in [-0.39, 0.29) is 23.8 Å². The fourth-order valence-corrected chi connectivity index (χ4v) is 2.41. The standard InChI is InChI=1S/C13H19F2N3O/c1-3-16-12-8(14)7-9(15)13(18-12)17-10-5-4-6-11(10)19-2/h7,10-11H,3-6H2,1-2H3,(H2,16,17,18). The molecule has 2 N–H and O–H groups in total. The van der Waals surface area contributed by atoms with E-state index in [1.54, 1.807) is 7.11 Å². The van der Waals surface area contributed by atoms with Gasteiger partial charge in [-0.3, -0.25) is 0 Å². The number of halogens is 2. The Morgan fingerprint density at radius 1 is 1.32 bits per heavy atom. The second kappa shape index (κ2) is 6.14. The quantitative estimate of drug-likeness (QED) is 0.864. The van der Waals surface area contributed by atoms with Crippen LogP contribution >= 0.6 is 0 Å². The molecular weight excluding hydrogens is 252 g/mol. The van der Waals surface area contributed by atoms with Crippen LogP contribution in [0.5, 0.6) is 0 Å². The lowest BCUT2D eigenvalue weighted by molar-refractivity contribution is 0.101. The maximum atomic E-state index is 13.7. The molecule has 0 aromatic carbocycles. The molecule has 0 bridgehead atoms. The highest BCUT2D eigenvalue weighted by Crippen LogP contribution is 2.26. The second-order valence-corrected chi connectivity index (χ2v) is 4.64. The Kier molecular flexibility index (Phi) is 4.52. The van der Waals surface area contributed by atoms with Crippen LogP contribution in [-0.2, 0) is 4.74 Å². The number of hydrogen-bond donors (Lipinski definition) is 2. The lowest BCUT2D eigenvalue weighted by Gasteiger charge is -2.21. The minimum Gasteiger partial charge on any atom is -0.379 e. The van der Waals surface area contributed by atoms with Crippen molar-refractivity contribution in [2.45, 2.75) is 38.3 Å². The maximum Gasteiger partial charge on any atom is 0.168 e. The largest absolute Gasteiger partial charge is 0.379 e. The van der Waals surface area contributed by atoms with Gasteiger partial charge in [-0.15, -0.1) is 0 Å². The summed E-state index contributed by atoms with van der Waals surface area (Å²) in [5, 5.41) is 5.79. The molecule has 1 aliphatic rings. The third-order valence-corrected chi connectivity index (χ3v) is 3.35. The predicted octanol–water partition coefficient (Wildman–Crippen LogP) is 2.77. The van der Waals surface area contributed by atoms with Crippen LogP contribution in [0, 0.1) is 11.6 Å². The first-order chi connectivity index (χ1) is 9.15. The molecule has 6 heteroatoms. The molecule has 2 unspecified atom stereocenters. The highest BCUT2D eigenvalue weighted by Gasteiger charge is 2.28. The molecule has 19 heavy (non-hydrogen) atoms. The number of nitrogens with zero attached hydrogens (tertiary/aromatic N) is 1. The van der Waals surface area contributed by atoms with E-state index in [1.807, 2.05) is 6.92 Å². The maximum absolute atomic E-state index is 13.7. The first kappa shape index (κ1) is 14.0. The minimum atomic E-state index is -0.681. The van der Waals surface area contributed by atoms with E-state index >= 15 is 0 Å². The number of methoxy groups -OCH3 is 1. The first-order valence-electron chi connectivity index (χ1n) is 6.55. The van der Waals surface area contributed by atoms with Crippen LogP contribution < -0.4 is 10.6 Å². The van der Waals surface area contributed by atoms with E-state index < -0.39 is 11.6 Å². The van der Waals surface area contributed by atoms with Crippen molar-refractivity contribution < 1.29 is 13.5 Å². The summed E-state index contributed by atoms with van der Waals surface area (Å²) in [6, 6.07) is 0.872. The Labute approximate surface area is 111 Å². The summed E-state index contributed by atoms with van der Waals surface area (Å²) in [6.07, 6.45) is 2.91. The van der Waals surface area contributed by atoms with Crippen LogP contribution in [0.1, 0.15) is 26.2 Å². The normalized spacial score (nSPS) is 22.5. The molecule has 4 nitrogen and oxygen atoms in total. The monoisotopic (exact) mass is 271 g/mol. The van der Waals surface area contributed by atoms with E-state index in [1.165, 1.54) is 0 Å². The van der Waals surface area contributed by atoms with Crippen LogP contribution in [0.3, 0.4) is 0 Å². The molecule has 1 fully saturated rings. The van der Waals surface area contributed by atoms with E-state index in [9.17, 15) is 8.78 Å². The Bertz CT molecular complexity index is 442. The van der Waals surface area contributed by atoms with Crippen LogP contribution in [0.15, 0.2) is 6.07 Å². The molecule has 1 aromatic heterocycles. The lowest BCUT2D eigenvalue weighted by Crippen LogP contribution is -2.30. The van der Waals surface area contributed by atoms with Gasteiger partial charge in [0, 0.05) is 19.7 Å². The van der Waals surface area contributed by atoms with Crippen molar-refractivity contribution in [3.63, 3.8) is 0 Å². The Balaban J connectivity index is 2.17. The number of hydrogen-bond acceptors (Lipinski definition) is 4. The molecule has 1 aromatic rings. The minimum absolute atomic E-state index is 0.0203. The molecule has 0 spiro atoms. The average Bonchev–Trinajstić information content (AvgIpc) is 2.82. The van der Waals surface area contributed by atoms with Gasteiger partial charge < -0.3 is 15.4 Å². The fraction of sp³-hybridized carbons (Fsp3) is 0.615. The Hall–Kier alpha value is -1.43. The summed E-state index contributed by atoms with van der Waals surface area (Å²) in [6.45, 7) is 2.36. The van der Waals surface area contributed by atoms with Crippen LogP contribution in [0.2, 0.25) is 0 Å². The van der Waals surface area contributed by atoms with Gasteiger partial charge in [0.2, 0.25) is 0 Å². The topological polar surface area (TPSA) is 46.2 Å². The Morgan fingerprint density at radius 2 is 2.05 bits per heavy atom. The van der Waals surface area contributed by atoms with Gasteiger partial charge in [-0.2, -0.15) is 0 Å². The summed E-state index contributed by atoms with van der Waals surface area (Å²) in [7, 11) is 1.64. The van der Waals surface area contributed by atoms with E-state index in [0.29, 0.717) is 6.54 Å². The number of nitrogens with one attached hydrogen (secondary N) is 2. The van der Waals surface area contributed by atoms with Crippen molar-refractivity contribution in [2.75, 3.05) is 24.3 Å². The molecule has 0 aliphatic heterocycles. The van der Waals surface area contributed by atoms with Crippen molar-refractivity contribution >= 4 is 11.6 Å². The van der Waals surface area contributed by atoms with E-state index in [0.717, 1.165) is 25.3 Å². The van der Waals surface area contributed by atoms with Gasteiger partial charge in [0.25, 0.3) is 0 Å². The molecule has 0 amide bonds. The Morgan fingerprint density at radius 3 is 2.74 bits per heavy atom. The number of rotatable bonds is 5. The van der Waals surface area contributed by atoms with Gasteiger partial charge in [0.05, 0.1) is 12.1 Å². The molecule has 1 heterocycles. The van der Waals surface area contributed by atoms with Gasteiger partial charge in [0.15, 0.2) is 23.3 Å². The number of ether oxygens (including phenoxy) is 1. The summed E-state index contributed by atoms with van der Waals surface area (Å²) >= 11 is 0. The third-order valence-electron chi connectivity index (χ3n) is 3.35. The first-order valence-corrected chi connectivity index (χ1v) is 6.55. The molecule has 0 radical (unpaired) electrons. The van der Waals surface area contributed by atoms with Crippen molar-refractivity contribution in [1.82, 2.24) is 4.98 Å². The van der Waals surface area contributed by atoms with E-state index in [4.69, 9.17) is 4.74 Å². The van der Waals surface area contributed by atoms with E-state index in [2.05, 4.69) is 15.6 Å². The molecule has 2 atom stereocenters. The van der Waals surface area contributed by atoms with Crippen molar-refractivity contribution in [3.05, 3.63) is 17.7 Å². The fourth-order valence-electron chi connectivity index (χ4n) is 2.41. The zero-order valence-electron chi connectivity index (χ0n) is 11.2. The molecule has 2 rings (SSSR count). The number of anilines is 2. The van der Waals surface area contributed by atoms with Gasteiger partial charge in [-0.25, -0.2) is 13.8 Å².